The van der Waals surface area contributed by atoms with Crippen molar-refractivity contribution in [3.05, 3.63) is 29.8 Å². The third kappa shape index (κ3) is 3.86. The number of fused-ring (bicyclic) bond motifs is 2. The lowest BCUT2D eigenvalue weighted by Crippen LogP contribution is -2.82. The van der Waals surface area contributed by atoms with Crippen molar-refractivity contribution in [1.29, 1.82) is 0 Å². The molecule has 0 radical (unpaired) electrons. The van der Waals surface area contributed by atoms with Gasteiger partial charge in [0, 0.05) is 82.3 Å². The van der Waals surface area contributed by atoms with Gasteiger partial charge in [-0.2, -0.15) is 0 Å². The van der Waals surface area contributed by atoms with E-state index in [0.717, 1.165) is 11.3 Å². The van der Waals surface area contributed by atoms with Crippen molar-refractivity contribution >= 4 is 23.5 Å². The quantitative estimate of drug-likeness (QED) is 0.292. The van der Waals surface area contributed by atoms with E-state index in [0.29, 0.717) is 25.9 Å². The Morgan fingerprint density at radius 3 is 2.43 bits per heavy atom. The molecular formula is C37H50N2O10. The molecule has 1 spiro atoms. The molecule has 7 bridgehead atoms. The maximum absolute atomic E-state index is 14.1. The number of piperidine rings is 1. The zero-order valence-corrected chi connectivity index (χ0v) is 29.3. The van der Waals surface area contributed by atoms with Gasteiger partial charge in [-0.15, -0.1) is 0 Å². The lowest BCUT2D eigenvalue weighted by atomic mass is 9.42. The van der Waals surface area contributed by atoms with E-state index in [4.69, 9.17) is 23.7 Å². The predicted molar refractivity (Wildman–Crippen MR) is 174 cm³/mol. The van der Waals surface area contributed by atoms with Crippen LogP contribution < -0.4 is 4.90 Å². The summed E-state index contributed by atoms with van der Waals surface area (Å²) in [5.41, 5.74) is -4.17. The lowest BCUT2D eigenvalue weighted by Gasteiger charge is -2.70. The number of rotatable bonds is 9. The molecule has 2 heterocycles. The second-order valence-electron chi connectivity index (χ2n) is 16.0. The van der Waals surface area contributed by atoms with Crippen molar-refractivity contribution in [1.82, 2.24) is 4.90 Å². The zero-order valence-electron chi connectivity index (χ0n) is 29.3. The van der Waals surface area contributed by atoms with Crippen LogP contribution in [0.3, 0.4) is 0 Å². The van der Waals surface area contributed by atoms with Gasteiger partial charge in [0.2, 0.25) is 11.8 Å². The van der Waals surface area contributed by atoms with Crippen molar-refractivity contribution in [3.63, 3.8) is 0 Å². The number of likely N-dealkylation sites (N-methyl/N-ethyl adjacent to an activating group) is 1. The predicted octanol–water partition coefficient (Wildman–Crippen LogP) is 2.04. The minimum Gasteiger partial charge on any atom is -0.461 e. The Morgan fingerprint density at radius 1 is 1.04 bits per heavy atom. The topological polar surface area (TPSA) is 144 Å². The smallest absolute Gasteiger partial charge is 0.340 e. The van der Waals surface area contributed by atoms with E-state index in [1.807, 2.05) is 0 Å². The number of carbonyl (C=O) groups is 3. The highest BCUT2D eigenvalue weighted by Crippen LogP contribution is 2.80. The van der Waals surface area contributed by atoms with Crippen LogP contribution in [0.5, 0.6) is 0 Å². The van der Waals surface area contributed by atoms with E-state index in [9.17, 15) is 24.6 Å². The molecule has 2 N–H and O–H groups in total. The number of benzene rings is 1. The van der Waals surface area contributed by atoms with Gasteiger partial charge in [0.15, 0.2) is 0 Å². The van der Waals surface area contributed by atoms with Gasteiger partial charge in [-0.05, 0) is 43.9 Å². The Bertz CT molecular complexity index is 1560. The van der Waals surface area contributed by atoms with E-state index in [2.05, 4.69) is 11.8 Å². The average Bonchev–Trinajstić information content (AvgIpc) is 3.63. The molecule has 1 aromatic carbocycles. The molecule has 5 aliphatic carbocycles. The molecule has 1 aromatic rings. The molecule has 49 heavy (non-hydrogen) atoms. The summed E-state index contributed by atoms with van der Waals surface area (Å²) in [5.74, 6) is -2.47. The first kappa shape index (κ1) is 33.7. The van der Waals surface area contributed by atoms with Gasteiger partial charge in [0.1, 0.15) is 11.2 Å². The second kappa shape index (κ2) is 11.3. The number of likely N-dealkylation sites (tertiary alicyclic amines) is 1. The van der Waals surface area contributed by atoms with Crippen molar-refractivity contribution in [2.75, 3.05) is 53.0 Å². The summed E-state index contributed by atoms with van der Waals surface area (Å²) in [6.45, 7) is 4.95. The van der Waals surface area contributed by atoms with Gasteiger partial charge in [0.25, 0.3) is 0 Å². The fourth-order valence-corrected chi connectivity index (χ4v) is 13.2. The van der Waals surface area contributed by atoms with Gasteiger partial charge in [-0.3, -0.25) is 14.5 Å². The Balaban J connectivity index is 1.23. The third-order valence-corrected chi connectivity index (χ3v) is 14.5. The molecule has 8 rings (SSSR count). The number of hydrogen-bond acceptors (Lipinski definition) is 11. The van der Waals surface area contributed by atoms with Crippen LogP contribution in [0.15, 0.2) is 24.3 Å². The molecule has 12 heteroatoms. The number of esters is 1. The Kier molecular flexibility index (Phi) is 7.75. The van der Waals surface area contributed by atoms with E-state index < -0.39 is 46.1 Å². The van der Waals surface area contributed by atoms with Crippen LogP contribution in [0.2, 0.25) is 0 Å². The summed E-state index contributed by atoms with van der Waals surface area (Å²) in [5, 5.41) is 26.6. The van der Waals surface area contributed by atoms with E-state index >= 15 is 0 Å². The summed E-state index contributed by atoms with van der Waals surface area (Å²) < 4.78 is 31.4. The summed E-state index contributed by atoms with van der Waals surface area (Å²) in [4.78, 5) is 43.3. The molecule has 7 fully saturated rings. The second-order valence-corrected chi connectivity index (χ2v) is 16.0. The van der Waals surface area contributed by atoms with E-state index in [1.54, 1.807) is 59.6 Å². The van der Waals surface area contributed by atoms with Gasteiger partial charge in [-0.25, -0.2) is 9.69 Å². The molecule has 5 saturated carbocycles. The first-order valence-corrected chi connectivity index (χ1v) is 17.9. The molecule has 12 nitrogen and oxygen atoms in total. The number of para-hydroxylation sites is 1. The number of amides is 2. The summed E-state index contributed by atoms with van der Waals surface area (Å²) in [6, 6.07) is 6.12. The average molecular weight is 683 g/mol. The van der Waals surface area contributed by atoms with Crippen molar-refractivity contribution in [2.24, 2.45) is 40.4 Å². The lowest BCUT2D eigenvalue weighted by molar-refractivity contribution is -0.320. The minimum absolute atomic E-state index is 0.0358. The monoisotopic (exact) mass is 682 g/mol. The molecular weight excluding hydrogens is 632 g/mol. The maximum Gasteiger partial charge on any atom is 0.340 e. The first-order chi connectivity index (χ1) is 23.4. The van der Waals surface area contributed by atoms with Crippen LogP contribution in [-0.4, -0.2) is 123 Å². The standard InChI is InChI=1S/C37H50N2O10/c1-7-38-17-34(18-49-32(42)20-10-8-9-11-23(20)39-26(40)14-19(2)31(39)41)13-12-25(46-4)36-22-15-21-24(45-3)16-35(43,27(22)28(21)47-5)37(44,33(36)38)30(48-6)29(34)36/h8-11,19,21-22,24-25,27-30,33,43-44H,7,12-18H2,1-6H3/t19-,21-,22-,24-,25-,27+,28-,29+,30-,33+,34-,35+,36?,37-/m0/s1. The van der Waals surface area contributed by atoms with Crippen LogP contribution in [-0.2, 0) is 33.3 Å². The number of nitrogens with zero attached hydrogens (tertiary/aromatic N) is 2. The molecule has 7 aliphatic rings. The molecule has 14 atom stereocenters. The Morgan fingerprint density at radius 2 is 1.80 bits per heavy atom. The molecule has 1 unspecified atom stereocenters. The zero-order chi connectivity index (χ0) is 34.8. The molecule has 2 saturated heterocycles. The summed E-state index contributed by atoms with van der Waals surface area (Å²) in [6.07, 6.45) is 0.813. The molecule has 268 valence electrons. The number of aliphatic hydroxyl groups is 2. The van der Waals surface area contributed by atoms with Gasteiger partial charge in [-0.1, -0.05) is 26.0 Å². The van der Waals surface area contributed by atoms with Gasteiger partial charge < -0.3 is 33.9 Å². The number of methoxy groups -OCH3 is 4. The first-order valence-electron chi connectivity index (χ1n) is 17.9. The van der Waals surface area contributed by atoms with E-state index in [-0.39, 0.29) is 84.5 Å². The number of hydrogen-bond donors (Lipinski definition) is 2. The van der Waals surface area contributed by atoms with Crippen LogP contribution in [0.25, 0.3) is 0 Å². The van der Waals surface area contributed by atoms with Crippen molar-refractivity contribution in [2.45, 2.75) is 87.6 Å². The number of carbonyl (C=O) groups excluding carboxylic acids is 3. The fourth-order valence-electron chi connectivity index (χ4n) is 13.2. The summed E-state index contributed by atoms with van der Waals surface area (Å²) in [7, 11) is 6.70. The maximum atomic E-state index is 14.1. The molecule has 2 amide bonds. The Hall–Kier alpha value is -2.45. The van der Waals surface area contributed by atoms with Crippen molar-refractivity contribution < 1.29 is 48.3 Å². The van der Waals surface area contributed by atoms with Gasteiger partial charge in [0.05, 0.1) is 48.3 Å². The minimum atomic E-state index is -1.70. The number of imide groups is 1. The van der Waals surface area contributed by atoms with Crippen LogP contribution in [0.4, 0.5) is 5.69 Å². The normalized spacial score (nSPS) is 48.0. The van der Waals surface area contributed by atoms with Crippen LogP contribution in [0, 0.1) is 40.4 Å². The molecule has 2 aliphatic heterocycles. The highest BCUT2D eigenvalue weighted by molar-refractivity contribution is 6.22. The third-order valence-electron chi connectivity index (χ3n) is 14.5. The fraction of sp³-hybridized carbons (Fsp3) is 0.757. The SMILES string of the molecule is CCN1C[C@]2(COC(=O)c3ccccc3N3C(=O)C[C@H](C)C3=O)CC[C@H](OC)C34[C@@H]1[C@@](O)([C@@H](OC)[C@@H]32)[C@@]1(O)C[C@H](OC)[C@@H]2C[C@H]4[C@@H]1[C@H]2OC. The molecule has 0 aromatic heterocycles. The van der Waals surface area contributed by atoms with Crippen LogP contribution in [0.1, 0.15) is 56.3 Å². The highest BCUT2D eigenvalue weighted by Gasteiger charge is 2.91. The highest BCUT2D eigenvalue weighted by atomic mass is 16.5. The Labute approximate surface area is 287 Å². The number of ether oxygens (including phenoxy) is 5. The summed E-state index contributed by atoms with van der Waals surface area (Å²) >= 11 is 0. The van der Waals surface area contributed by atoms with E-state index in [1.165, 1.54) is 0 Å². The van der Waals surface area contributed by atoms with Gasteiger partial charge >= 0.3 is 5.97 Å². The largest absolute Gasteiger partial charge is 0.461 e. The number of anilines is 1. The van der Waals surface area contributed by atoms with Crippen LogP contribution >= 0.6 is 0 Å². The van der Waals surface area contributed by atoms with Crippen molar-refractivity contribution in [3.8, 4) is 0 Å².